The Morgan fingerprint density at radius 2 is 1.63 bits per heavy atom. The number of sulfonamides is 1. The van der Waals surface area contributed by atoms with Crippen LogP contribution in [0.4, 0.5) is 11.4 Å². The molecule has 0 aromatic heterocycles. The second-order valence-corrected chi connectivity index (χ2v) is 27.0. The van der Waals surface area contributed by atoms with Crippen LogP contribution in [-0.2, 0) is 30.9 Å². The number of fused-ring (bicyclic) bond motifs is 1. The molecule has 0 bridgehead atoms. The third-order valence-electron chi connectivity index (χ3n) is 17.4. The first kappa shape index (κ1) is 59.2. The number of nitrogens with zero attached hydrogens (tertiary/aromatic N) is 5. The van der Waals surface area contributed by atoms with Crippen LogP contribution in [0.2, 0.25) is 5.02 Å². The van der Waals surface area contributed by atoms with Crippen molar-refractivity contribution in [3.05, 3.63) is 160 Å². The molecule has 3 N–H and O–H groups in total. The molecule has 84 heavy (non-hydrogen) atoms. The van der Waals surface area contributed by atoms with Crippen molar-refractivity contribution >= 4 is 74.0 Å². The van der Waals surface area contributed by atoms with E-state index in [0.29, 0.717) is 24.4 Å². The number of piperazine rings is 1. The summed E-state index contributed by atoms with van der Waals surface area (Å²) in [6.07, 6.45) is 6.43. The highest BCUT2D eigenvalue weighted by Crippen LogP contribution is 2.45. The highest BCUT2D eigenvalue weighted by atomic mass is 35.5. The Hall–Kier alpha value is -6.49. The van der Waals surface area contributed by atoms with Crippen LogP contribution in [0.3, 0.4) is 0 Å². The Morgan fingerprint density at radius 3 is 2.39 bits per heavy atom. The van der Waals surface area contributed by atoms with E-state index in [4.69, 9.17) is 16.3 Å². The Morgan fingerprint density at radius 1 is 0.857 bits per heavy atom. The molecule has 3 atom stereocenters. The van der Waals surface area contributed by atoms with Crippen LogP contribution in [-0.4, -0.2) is 155 Å². The third-order valence-corrected chi connectivity index (χ3v) is 20.1. The van der Waals surface area contributed by atoms with E-state index in [1.165, 1.54) is 21.6 Å². The molecule has 0 spiro atoms. The van der Waals surface area contributed by atoms with Crippen molar-refractivity contribution in [2.45, 2.75) is 86.7 Å². The number of benzene rings is 5. The summed E-state index contributed by atoms with van der Waals surface area (Å²) in [5, 5.41) is 6.75. The number of halogens is 1. The van der Waals surface area contributed by atoms with Gasteiger partial charge in [0.2, 0.25) is 11.8 Å². The summed E-state index contributed by atoms with van der Waals surface area (Å²) >= 11 is 8.18. The van der Waals surface area contributed by atoms with Crippen molar-refractivity contribution in [3.63, 3.8) is 0 Å². The van der Waals surface area contributed by atoms with Crippen molar-refractivity contribution < 1.29 is 32.3 Å². The van der Waals surface area contributed by atoms with Crippen molar-refractivity contribution in [1.82, 2.24) is 29.6 Å². The summed E-state index contributed by atoms with van der Waals surface area (Å²) in [7, 11) is -4.14. The van der Waals surface area contributed by atoms with Gasteiger partial charge in [-0.25, -0.2) is 13.1 Å². The summed E-state index contributed by atoms with van der Waals surface area (Å²) in [6.45, 7) is 14.6. The zero-order valence-electron chi connectivity index (χ0n) is 47.8. The van der Waals surface area contributed by atoms with Gasteiger partial charge in [-0.15, -0.1) is 11.8 Å². The molecule has 0 radical (unpaired) electrons. The van der Waals surface area contributed by atoms with E-state index in [9.17, 15) is 27.6 Å². The molecule has 6 aliphatic rings. The van der Waals surface area contributed by atoms with Crippen LogP contribution >= 0.6 is 23.4 Å². The number of hydrogen-bond donors (Lipinski definition) is 3. The van der Waals surface area contributed by atoms with Crippen molar-refractivity contribution in [1.29, 1.82) is 0 Å². The average Bonchev–Trinajstić information content (AvgIpc) is 3.84. The quantitative estimate of drug-likeness (QED) is 0.0408. The van der Waals surface area contributed by atoms with Gasteiger partial charge >= 0.3 is 0 Å². The van der Waals surface area contributed by atoms with Crippen molar-refractivity contribution in [2.24, 2.45) is 11.3 Å². The van der Waals surface area contributed by atoms with E-state index >= 15 is 0 Å². The minimum Gasteiger partial charge on any atom is -0.381 e. The maximum Gasteiger partial charge on any atom is 0.264 e. The molecule has 5 aliphatic heterocycles. The molecule has 1 unspecified atom stereocenters. The topological polar surface area (TPSA) is 164 Å². The first-order valence-corrected chi connectivity index (χ1v) is 32.5. The van der Waals surface area contributed by atoms with Crippen LogP contribution in [0.1, 0.15) is 95.7 Å². The molecule has 11 rings (SSSR count). The maximum absolute atomic E-state index is 13.6. The predicted molar refractivity (Wildman–Crippen MR) is 332 cm³/mol. The van der Waals surface area contributed by atoms with Gasteiger partial charge in [0.25, 0.3) is 21.8 Å². The molecule has 5 heterocycles. The molecule has 0 saturated carbocycles. The molecule has 5 aromatic carbocycles. The highest BCUT2D eigenvalue weighted by Gasteiger charge is 2.40. The van der Waals surface area contributed by atoms with Crippen LogP contribution < -0.4 is 20.3 Å². The number of thioether (sulfide) groups is 1. The van der Waals surface area contributed by atoms with Gasteiger partial charge in [-0.05, 0) is 158 Å². The van der Waals surface area contributed by atoms with Crippen molar-refractivity contribution in [2.75, 3.05) is 101 Å². The molecule has 15 nitrogen and oxygen atoms in total. The van der Waals surface area contributed by atoms with Crippen LogP contribution in [0, 0.1) is 23.2 Å². The van der Waals surface area contributed by atoms with Crippen LogP contribution in [0.5, 0.6) is 0 Å². The summed E-state index contributed by atoms with van der Waals surface area (Å²) < 4.78 is 35.1. The van der Waals surface area contributed by atoms with Crippen LogP contribution in [0.25, 0.3) is 5.57 Å². The number of anilines is 2. The van der Waals surface area contributed by atoms with E-state index in [1.807, 2.05) is 60.7 Å². The molecule has 5 aromatic rings. The summed E-state index contributed by atoms with van der Waals surface area (Å²) in [5.41, 5.74) is 8.68. The van der Waals surface area contributed by atoms with Gasteiger partial charge in [0.1, 0.15) is 6.04 Å². The Kier molecular flexibility index (Phi) is 18.9. The summed E-state index contributed by atoms with van der Waals surface area (Å²) in [4.78, 5) is 63.6. The van der Waals surface area contributed by atoms with Gasteiger partial charge in [-0.2, -0.15) is 0 Å². The summed E-state index contributed by atoms with van der Waals surface area (Å²) in [5.74, 6) is 6.54. The van der Waals surface area contributed by atoms with Gasteiger partial charge in [0.05, 0.1) is 11.5 Å². The van der Waals surface area contributed by atoms with Crippen LogP contribution in [0.15, 0.2) is 137 Å². The maximum atomic E-state index is 13.6. The lowest BCUT2D eigenvalue weighted by molar-refractivity contribution is -0.136. The predicted octanol–water partition coefficient (Wildman–Crippen LogP) is 9.04. The standard InChI is InChI=1S/C66H75ClN8O7S2/c1-66(46-73-41-48(42-73)8-5-7-47-11-24-60-51(39-47)44-75(65(60)79)61-25-26-62(76)69-64(61)78)29-27-59(49-12-16-53(67)17-13-49)52(40-66)43-72-32-34-74(35-33-72)56-20-14-50(15-21-56)63(77)70-84(80,81)58-22-18-54(19-23-58)68-55(45-83-57-9-3-2-4-10-57)28-31-71-30-6-37-82-38-36-71/h2-4,9-24,39,48,55,61,68H,6,8,25-38,40-46H2,1H3,(H,70,77)(H,69,76,78)/t55-,61?,66-/m1/s1. The van der Waals surface area contributed by atoms with Gasteiger partial charge in [0.15, 0.2) is 0 Å². The molecule has 18 heteroatoms. The Bertz CT molecular complexity index is 3390. The molecule has 4 amide bonds. The molecule has 4 fully saturated rings. The number of piperidine rings is 1. The van der Waals surface area contributed by atoms with Gasteiger partial charge < -0.3 is 29.7 Å². The zero-order valence-corrected chi connectivity index (χ0v) is 50.2. The normalized spacial score (nSPS) is 21.5. The molecular formula is C66H75ClN8O7S2. The number of rotatable bonds is 19. The van der Waals surface area contributed by atoms with E-state index < -0.39 is 27.9 Å². The number of hydrogen-bond acceptors (Lipinski definition) is 13. The minimum atomic E-state index is -4.14. The third kappa shape index (κ3) is 14.9. The number of ether oxygens (including phenoxy) is 1. The Labute approximate surface area is 503 Å². The molecule has 1 aliphatic carbocycles. The fraction of sp³-hybridized carbons (Fsp3) is 0.424. The number of likely N-dealkylation sites (tertiary alicyclic amines) is 1. The van der Waals surface area contributed by atoms with Gasteiger partial charge in [-0.1, -0.05) is 66.3 Å². The second-order valence-electron chi connectivity index (χ2n) is 23.7. The monoisotopic (exact) mass is 1190 g/mol. The lowest BCUT2D eigenvalue weighted by atomic mass is 9.70. The Balaban J connectivity index is 0.648. The highest BCUT2D eigenvalue weighted by molar-refractivity contribution is 7.99. The number of amides is 4. The number of nitrogens with one attached hydrogen (secondary N) is 3. The first-order chi connectivity index (χ1) is 40.7. The zero-order chi connectivity index (χ0) is 58.2. The van der Waals surface area contributed by atoms with Gasteiger partial charge in [-0.3, -0.25) is 29.4 Å². The largest absolute Gasteiger partial charge is 0.381 e. The number of carbonyl (C=O) groups is 4. The first-order valence-electron chi connectivity index (χ1n) is 29.6. The van der Waals surface area contributed by atoms with Crippen molar-refractivity contribution in [3.8, 4) is 11.8 Å². The van der Waals surface area contributed by atoms with E-state index in [-0.39, 0.29) is 40.2 Å². The lowest BCUT2D eigenvalue weighted by Gasteiger charge is -2.47. The fourth-order valence-corrected chi connectivity index (χ4v) is 14.9. The smallest absolute Gasteiger partial charge is 0.264 e. The average molecular weight is 1190 g/mol. The van der Waals surface area contributed by atoms with Gasteiger partial charge in [0, 0.05) is 148 Å². The lowest BCUT2D eigenvalue weighted by Crippen LogP contribution is -2.52. The minimum absolute atomic E-state index is 0.0212. The van der Waals surface area contributed by atoms with E-state index in [0.717, 1.165) is 157 Å². The van der Waals surface area contributed by atoms with E-state index in [1.54, 1.807) is 53.1 Å². The second kappa shape index (κ2) is 26.8. The number of carbonyl (C=O) groups excluding carboxylic acids is 4. The van der Waals surface area contributed by atoms with E-state index in [2.05, 4.69) is 78.0 Å². The fourth-order valence-electron chi connectivity index (χ4n) is 12.8. The number of allylic oxidation sites excluding steroid dienone is 1. The summed E-state index contributed by atoms with van der Waals surface area (Å²) in [6, 6.07) is 37.7. The molecule has 4 saturated heterocycles. The SMILES string of the molecule is C[C@@]1(CN2CC(CC#Cc3ccc4c(c3)CN(C3CCC(=O)NC3=O)C4=O)C2)CCC(c2ccc(Cl)cc2)=C(CN2CCN(c3ccc(C(=O)NS(=O)(=O)c4ccc(N[C@H](CCN5CCCOCC5)CSc5ccccc5)cc4)cc3)CC2)C1. The molecule has 440 valence electrons. The molecular weight excluding hydrogens is 1120 g/mol. The number of imide groups is 1.